The lowest BCUT2D eigenvalue weighted by Crippen LogP contribution is -2.52. The molecule has 1 saturated heterocycles. The maximum Gasteiger partial charge on any atom is 0.228 e. The van der Waals surface area contributed by atoms with E-state index in [4.69, 9.17) is 0 Å². The molecular weight excluding hydrogens is 355 g/mol. The van der Waals surface area contributed by atoms with Crippen LogP contribution in [0.4, 0.5) is 11.5 Å². The van der Waals surface area contributed by atoms with Gasteiger partial charge in [0.1, 0.15) is 0 Å². The Kier molecular flexibility index (Phi) is 3.38. The summed E-state index contributed by atoms with van der Waals surface area (Å²) < 4.78 is 1.06. The maximum atomic E-state index is 12.3. The molecule has 0 N–H and O–H groups in total. The monoisotopic (exact) mass is 372 g/mol. The minimum Gasteiger partial charge on any atom is -0.349 e. The highest BCUT2D eigenvalue weighted by atomic mass is 127. The first-order chi connectivity index (χ1) is 9.06. The smallest absolute Gasteiger partial charge is 0.228 e. The van der Waals surface area contributed by atoms with E-state index in [0.717, 1.165) is 34.7 Å². The lowest BCUT2D eigenvalue weighted by atomic mass is 10.1. The number of halogens is 1. The molecule has 0 saturated carbocycles. The highest BCUT2D eigenvalue weighted by Crippen LogP contribution is 2.34. The largest absolute Gasteiger partial charge is 0.349 e. The molecule has 0 spiro atoms. The van der Waals surface area contributed by atoms with Crippen LogP contribution < -0.4 is 9.80 Å². The summed E-state index contributed by atoms with van der Waals surface area (Å²) in [5, 5.41) is 0. The normalized spacial score (nSPS) is 23.9. The molecule has 3 heterocycles. The van der Waals surface area contributed by atoms with Crippen molar-refractivity contribution in [1.82, 2.24) is 9.88 Å². The fourth-order valence-corrected chi connectivity index (χ4v) is 3.26. The van der Waals surface area contributed by atoms with Crippen molar-refractivity contribution >= 4 is 40.0 Å². The number of carbonyl (C=O) groups excluding carboxylic acids is 1. The van der Waals surface area contributed by atoms with Gasteiger partial charge in [0.2, 0.25) is 5.91 Å². The number of pyridine rings is 1. The van der Waals surface area contributed by atoms with Gasteiger partial charge in [-0.25, -0.2) is 4.98 Å². The molecule has 2 aliphatic rings. The minimum absolute atomic E-state index is 0.174. The Bertz CT molecular complexity index is 521. The van der Waals surface area contributed by atoms with Crippen LogP contribution in [0.15, 0.2) is 12.3 Å². The van der Waals surface area contributed by atoms with Gasteiger partial charge in [-0.15, -0.1) is 0 Å². The topological polar surface area (TPSA) is 39.7 Å². The summed E-state index contributed by atoms with van der Waals surface area (Å²) in [5.41, 5.74) is 0.934. The van der Waals surface area contributed by atoms with Crippen LogP contribution >= 0.6 is 22.6 Å². The van der Waals surface area contributed by atoms with E-state index in [2.05, 4.69) is 44.4 Å². The molecule has 1 amide bonds. The number of rotatable bonds is 0. The zero-order valence-corrected chi connectivity index (χ0v) is 13.3. The molecule has 1 fully saturated rings. The molecule has 0 aliphatic carbocycles. The summed E-state index contributed by atoms with van der Waals surface area (Å²) in [6, 6.07) is 2.28. The van der Waals surface area contributed by atoms with Crippen molar-refractivity contribution in [3.05, 3.63) is 15.8 Å². The summed E-state index contributed by atoms with van der Waals surface area (Å²) in [5.74, 6) is 1.12. The Hall–Kier alpha value is -0.890. The molecule has 0 radical (unpaired) electrons. The third-order valence-corrected chi connectivity index (χ3v) is 4.51. The number of carbonyl (C=O) groups is 1. The number of fused-ring (bicyclic) bond motifs is 3. The lowest BCUT2D eigenvalue weighted by molar-refractivity contribution is -0.118. The third kappa shape index (κ3) is 2.31. The summed E-state index contributed by atoms with van der Waals surface area (Å²) in [6.45, 7) is 2.87. The Morgan fingerprint density at radius 3 is 2.95 bits per heavy atom. The van der Waals surface area contributed by atoms with Gasteiger partial charge in [0, 0.05) is 42.9 Å². The van der Waals surface area contributed by atoms with Crippen molar-refractivity contribution in [2.24, 2.45) is 0 Å². The van der Waals surface area contributed by atoms with E-state index >= 15 is 0 Å². The molecule has 1 unspecified atom stereocenters. The molecule has 2 aliphatic heterocycles. The molecule has 19 heavy (non-hydrogen) atoms. The molecule has 3 rings (SSSR count). The molecule has 5 nitrogen and oxygen atoms in total. The van der Waals surface area contributed by atoms with Crippen molar-refractivity contribution in [3.8, 4) is 0 Å². The Morgan fingerprint density at radius 2 is 2.16 bits per heavy atom. The number of amides is 1. The SMILES string of the molecule is CN1CCN2c3ncc(I)cc3N(C)C(=O)CC2C1. The van der Waals surface area contributed by atoms with Crippen LogP contribution in [-0.2, 0) is 4.79 Å². The van der Waals surface area contributed by atoms with Crippen LogP contribution in [-0.4, -0.2) is 55.6 Å². The Balaban J connectivity index is 2.07. The highest BCUT2D eigenvalue weighted by Gasteiger charge is 2.35. The summed E-state index contributed by atoms with van der Waals surface area (Å²) in [7, 11) is 3.96. The van der Waals surface area contributed by atoms with Gasteiger partial charge in [-0.05, 0) is 35.7 Å². The molecule has 1 atom stereocenters. The van der Waals surface area contributed by atoms with E-state index in [0.29, 0.717) is 6.42 Å². The predicted octanol–water partition coefficient (Wildman–Crippen LogP) is 1.17. The second-order valence-corrected chi connectivity index (χ2v) is 6.51. The zero-order chi connectivity index (χ0) is 13.6. The van der Waals surface area contributed by atoms with E-state index in [1.807, 2.05) is 19.3 Å². The summed E-state index contributed by atoms with van der Waals surface area (Å²) in [6.07, 6.45) is 2.44. The summed E-state index contributed by atoms with van der Waals surface area (Å²) >= 11 is 2.24. The van der Waals surface area contributed by atoms with Crippen LogP contribution in [0, 0.1) is 3.57 Å². The minimum atomic E-state index is 0.174. The number of nitrogens with zero attached hydrogens (tertiary/aromatic N) is 4. The van der Waals surface area contributed by atoms with Gasteiger partial charge in [-0.1, -0.05) is 0 Å². The number of hydrogen-bond donors (Lipinski definition) is 0. The number of piperazine rings is 1. The van der Waals surface area contributed by atoms with Gasteiger partial charge in [0.05, 0.1) is 11.7 Å². The van der Waals surface area contributed by atoms with Crippen LogP contribution in [0.1, 0.15) is 6.42 Å². The average Bonchev–Trinajstić information content (AvgIpc) is 2.47. The van der Waals surface area contributed by atoms with Crippen LogP contribution in [0.5, 0.6) is 0 Å². The predicted molar refractivity (Wildman–Crippen MR) is 83.6 cm³/mol. The van der Waals surface area contributed by atoms with Gasteiger partial charge in [-0.2, -0.15) is 0 Å². The third-order valence-electron chi connectivity index (χ3n) is 3.92. The fraction of sp³-hybridized carbons (Fsp3) is 0.538. The van der Waals surface area contributed by atoms with Crippen molar-refractivity contribution in [1.29, 1.82) is 0 Å². The highest BCUT2D eigenvalue weighted by molar-refractivity contribution is 14.1. The van der Waals surface area contributed by atoms with Crippen LogP contribution in [0.25, 0.3) is 0 Å². The molecule has 0 bridgehead atoms. The first-order valence-corrected chi connectivity index (χ1v) is 7.51. The van der Waals surface area contributed by atoms with Crippen LogP contribution in [0.3, 0.4) is 0 Å². The average molecular weight is 372 g/mol. The van der Waals surface area contributed by atoms with Crippen molar-refractivity contribution in [2.45, 2.75) is 12.5 Å². The zero-order valence-electron chi connectivity index (χ0n) is 11.1. The van der Waals surface area contributed by atoms with Gasteiger partial charge in [0.15, 0.2) is 5.82 Å². The van der Waals surface area contributed by atoms with E-state index in [9.17, 15) is 4.79 Å². The van der Waals surface area contributed by atoms with E-state index in [1.54, 1.807) is 4.90 Å². The van der Waals surface area contributed by atoms with Crippen LogP contribution in [0.2, 0.25) is 0 Å². The molecule has 6 heteroatoms. The van der Waals surface area contributed by atoms with Gasteiger partial charge in [-0.3, -0.25) is 4.79 Å². The standard InChI is InChI=1S/C13H17IN4O/c1-16-3-4-18-10(8-16)6-12(19)17(2)11-5-9(14)7-15-13(11)18/h5,7,10H,3-4,6,8H2,1-2H3. The van der Waals surface area contributed by atoms with Crippen molar-refractivity contribution in [3.63, 3.8) is 0 Å². The number of aromatic nitrogens is 1. The first-order valence-electron chi connectivity index (χ1n) is 6.43. The second kappa shape index (κ2) is 4.90. The number of anilines is 2. The second-order valence-electron chi connectivity index (χ2n) is 5.26. The maximum absolute atomic E-state index is 12.3. The quantitative estimate of drug-likeness (QED) is 0.642. The first kappa shape index (κ1) is 13.1. The number of likely N-dealkylation sites (N-methyl/N-ethyl adjacent to an activating group) is 1. The number of hydrogen-bond acceptors (Lipinski definition) is 4. The summed E-state index contributed by atoms with van der Waals surface area (Å²) in [4.78, 5) is 23.2. The molecule has 0 aromatic carbocycles. The van der Waals surface area contributed by atoms with Crippen molar-refractivity contribution in [2.75, 3.05) is 43.5 Å². The molecule has 1 aromatic rings. The lowest BCUT2D eigenvalue weighted by Gasteiger charge is -2.39. The van der Waals surface area contributed by atoms with E-state index in [1.165, 1.54) is 0 Å². The Morgan fingerprint density at radius 1 is 1.37 bits per heavy atom. The van der Waals surface area contributed by atoms with Gasteiger partial charge >= 0.3 is 0 Å². The molecule has 102 valence electrons. The van der Waals surface area contributed by atoms with E-state index < -0.39 is 0 Å². The van der Waals surface area contributed by atoms with Gasteiger partial charge in [0.25, 0.3) is 0 Å². The molecular formula is C13H17IN4O. The van der Waals surface area contributed by atoms with E-state index in [-0.39, 0.29) is 11.9 Å². The Labute approximate surface area is 126 Å². The fourth-order valence-electron chi connectivity index (χ4n) is 2.83. The molecule has 1 aromatic heterocycles. The van der Waals surface area contributed by atoms with Crippen molar-refractivity contribution < 1.29 is 4.79 Å². The van der Waals surface area contributed by atoms with Gasteiger partial charge < -0.3 is 14.7 Å².